The molecule has 8 nitrogen and oxygen atoms in total. The molecular formula is C19H21F3N6O2. The van der Waals surface area contributed by atoms with Crippen molar-refractivity contribution in [2.75, 3.05) is 13.1 Å². The Morgan fingerprint density at radius 1 is 1.37 bits per heavy atom. The van der Waals surface area contributed by atoms with Gasteiger partial charge < -0.3 is 9.42 Å². The second-order valence-electron chi connectivity index (χ2n) is 7.48. The van der Waals surface area contributed by atoms with Crippen LogP contribution in [-0.4, -0.2) is 48.8 Å². The number of halogens is 3. The Kier molecular flexibility index (Phi) is 5.44. The highest BCUT2D eigenvalue weighted by atomic mass is 19.4. The normalized spacial score (nSPS) is 17.6. The van der Waals surface area contributed by atoms with Gasteiger partial charge in [-0.15, -0.1) is 0 Å². The third-order valence-electron chi connectivity index (χ3n) is 5.38. The number of likely N-dealkylation sites (tertiary alicyclic amines) is 1. The van der Waals surface area contributed by atoms with Crippen molar-refractivity contribution in [2.24, 2.45) is 0 Å². The largest absolute Gasteiger partial charge is 0.417 e. The van der Waals surface area contributed by atoms with Crippen molar-refractivity contribution in [3.05, 3.63) is 35.7 Å². The minimum atomic E-state index is -4.54. The van der Waals surface area contributed by atoms with Crippen LogP contribution in [0.3, 0.4) is 0 Å². The van der Waals surface area contributed by atoms with Gasteiger partial charge in [0, 0.05) is 32.0 Å². The van der Waals surface area contributed by atoms with Gasteiger partial charge in [-0.3, -0.25) is 9.48 Å². The number of carbonyl (C=O) groups is 1. The van der Waals surface area contributed by atoms with E-state index in [4.69, 9.17) is 4.52 Å². The van der Waals surface area contributed by atoms with Crippen molar-refractivity contribution in [3.8, 4) is 0 Å². The van der Waals surface area contributed by atoms with Gasteiger partial charge in [0.25, 0.3) is 5.71 Å². The molecule has 0 saturated carbocycles. The SMILES string of the molecule is Cc1noc2nc([C@@H]3CCCN(C(=O)CCCn4cncn4)C3)cc(C(F)(F)F)c12. The average molecular weight is 422 g/mol. The summed E-state index contributed by atoms with van der Waals surface area (Å²) in [5.41, 5.74) is -0.471. The summed E-state index contributed by atoms with van der Waals surface area (Å²) in [6.07, 6.45) is 0.801. The van der Waals surface area contributed by atoms with Crippen LogP contribution >= 0.6 is 0 Å². The molecule has 4 heterocycles. The lowest BCUT2D eigenvalue weighted by atomic mass is 9.92. The predicted octanol–water partition coefficient (Wildman–Crippen LogP) is 3.33. The van der Waals surface area contributed by atoms with E-state index in [2.05, 4.69) is 20.2 Å². The third-order valence-corrected chi connectivity index (χ3v) is 5.38. The molecule has 1 aliphatic heterocycles. The summed E-state index contributed by atoms with van der Waals surface area (Å²) in [7, 11) is 0. The minimum absolute atomic E-state index is 0.0209. The maximum Gasteiger partial charge on any atom is 0.417 e. The topological polar surface area (TPSA) is 89.9 Å². The molecule has 1 atom stereocenters. The second-order valence-corrected chi connectivity index (χ2v) is 7.48. The molecule has 0 N–H and O–H groups in total. The summed E-state index contributed by atoms with van der Waals surface area (Å²) in [4.78, 5) is 22.5. The van der Waals surface area contributed by atoms with E-state index in [1.807, 2.05) is 0 Å². The van der Waals surface area contributed by atoms with Crippen LogP contribution in [-0.2, 0) is 17.5 Å². The summed E-state index contributed by atoms with van der Waals surface area (Å²) in [5.74, 6) is -0.304. The third kappa shape index (κ3) is 4.14. The van der Waals surface area contributed by atoms with Crippen LogP contribution < -0.4 is 0 Å². The maximum atomic E-state index is 13.6. The number of rotatable bonds is 5. The molecule has 0 aliphatic carbocycles. The predicted molar refractivity (Wildman–Crippen MR) is 99.4 cm³/mol. The van der Waals surface area contributed by atoms with E-state index < -0.39 is 11.7 Å². The first kappa shape index (κ1) is 20.3. The number of nitrogens with zero attached hydrogens (tertiary/aromatic N) is 6. The van der Waals surface area contributed by atoms with Crippen LogP contribution in [0.2, 0.25) is 0 Å². The number of fused-ring (bicyclic) bond motifs is 1. The molecule has 0 radical (unpaired) electrons. The van der Waals surface area contributed by atoms with Gasteiger partial charge in [0.1, 0.15) is 12.7 Å². The van der Waals surface area contributed by atoms with Gasteiger partial charge in [-0.05, 0) is 32.3 Å². The van der Waals surface area contributed by atoms with Crippen molar-refractivity contribution in [3.63, 3.8) is 0 Å². The highest BCUT2D eigenvalue weighted by molar-refractivity contribution is 5.81. The number of hydrogen-bond donors (Lipinski definition) is 0. The lowest BCUT2D eigenvalue weighted by Gasteiger charge is -2.32. The summed E-state index contributed by atoms with van der Waals surface area (Å²) in [5, 5.41) is 7.53. The Morgan fingerprint density at radius 2 is 2.20 bits per heavy atom. The number of amides is 1. The van der Waals surface area contributed by atoms with Crippen LogP contribution in [0.25, 0.3) is 11.1 Å². The first-order valence-electron chi connectivity index (χ1n) is 9.77. The molecule has 0 spiro atoms. The van der Waals surface area contributed by atoms with Crippen molar-refractivity contribution >= 4 is 17.0 Å². The van der Waals surface area contributed by atoms with Gasteiger partial charge in [-0.1, -0.05) is 5.16 Å². The van der Waals surface area contributed by atoms with Crippen molar-refractivity contribution < 1.29 is 22.5 Å². The molecule has 1 aliphatic rings. The zero-order chi connectivity index (χ0) is 21.3. The number of pyridine rings is 1. The van der Waals surface area contributed by atoms with Crippen molar-refractivity contribution in [1.82, 2.24) is 29.8 Å². The van der Waals surface area contributed by atoms with Crippen LogP contribution in [0.15, 0.2) is 23.2 Å². The van der Waals surface area contributed by atoms with E-state index in [1.54, 1.807) is 15.9 Å². The Morgan fingerprint density at radius 3 is 2.93 bits per heavy atom. The fourth-order valence-electron chi connectivity index (χ4n) is 3.89. The summed E-state index contributed by atoms with van der Waals surface area (Å²) in [6, 6.07) is 1.08. The van der Waals surface area contributed by atoms with Crippen LogP contribution in [0.4, 0.5) is 13.2 Å². The molecule has 0 unspecified atom stereocenters. The maximum absolute atomic E-state index is 13.6. The molecule has 0 aromatic carbocycles. The minimum Gasteiger partial charge on any atom is -0.342 e. The van der Waals surface area contributed by atoms with E-state index in [1.165, 1.54) is 13.3 Å². The highest BCUT2D eigenvalue weighted by Crippen LogP contribution is 2.38. The van der Waals surface area contributed by atoms with Gasteiger partial charge in [0.15, 0.2) is 0 Å². The van der Waals surface area contributed by atoms with Crippen LogP contribution in [0.1, 0.15) is 48.6 Å². The Labute approximate surface area is 170 Å². The molecule has 30 heavy (non-hydrogen) atoms. The molecule has 3 aromatic rings. The quantitative estimate of drug-likeness (QED) is 0.627. The number of alkyl halides is 3. The van der Waals surface area contributed by atoms with E-state index in [0.29, 0.717) is 45.3 Å². The lowest BCUT2D eigenvalue weighted by molar-refractivity contribution is -0.136. The first-order chi connectivity index (χ1) is 14.3. The number of carbonyl (C=O) groups excluding carboxylic acids is 1. The molecule has 11 heteroatoms. The standard InChI is InChI=1S/C19H21F3N6O2/c1-12-17-14(19(20,21)22)8-15(25-18(17)30-26-12)13-4-2-6-27(9-13)16(29)5-3-7-28-11-23-10-24-28/h8,10-11,13H,2-7,9H2,1H3/t13-/m1/s1. The summed E-state index contributed by atoms with van der Waals surface area (Å²) < 4.78 is 47.5. The van der Waals surface area contributed by atoms with Gasteiger partial charge >= 0.3 is 6.18 Å². The van der Waals surface area contributed by atoms with Gasteiger partial charge in [0.2, 0.25) is 5.91 Å². The monoisotopic (exact) mass is 422 g/mol. The molecule has 0 bridgehead atoms. The van der Waals surface area contributed by atoms with Gasteiger partial charge in [-0.2, -0.15) is 18.3 Å². The molecule has 4 rings (SSSR count). The van der Waals surface area contributed by atoms with E-state index in [-0.39, 0.29) is 34.3 Å². The summed E-state index contributed by atoms with van der Waals surface area (Å²) >= 11 is 0. The molecule has 3 aromatic heterocycles. The van der Waals surface area contributed by atoms with E-state index in [0.717, 1.165) is 6.07 Å². The first-order valence-corrected chi connectivity index (χ1v) is 9.77. The fourth-order valence-corrected chi connectivity index (χ4v) is 3.89. The lowest BCUT2D eigenvalue weighted by Crippen LogP contribution is -2.39. The molecule has 1 fully saturated rings. The zero-order valence-electron chi connectivity index (χ0n) is 16.4. The molecule has 1 amide bonds. The number of piperidine rings is 1. The number of hydrogen-bond acceptors (Lipinski definition) is 6. The van der Waals surface area contributed by atoms with E-state index in [9.17, 15) is 18.0 Å². The number of aryl methyl sites for hydroxylation is 2. The summed E-state index contributed by atoms with van der Waals surface area (Å²) in [6.45, 7) is 2.98. The van der Waals surface area contributed by atoms with Crippen LogP contribution in [0.5, 0.6) is 0 Å². The highest BCUT2D eigenvalue weighted by Gasteiger charge is 2.37. The smallest absolute Gasteiger partial charge is 0.342 e. The second kappa shape index (κ2) is 8.04. The molecular weight excluding hydrogens is 401 g/mol. The zero-order valence-corrected chi connectivity index (χ0v) is 16.4. The fraction of sp³-hybridized carbons (Fsp3) is 0.526. The van der Waals surface area contributed by atoms with Crippen LogP contribution in [0, 0.1) is 6.92 Å². The van der Waals surface area contributed by atoms with Gasteiger partial charge in [0.05, 0.1) is 22.3 Å². The van der Waals surface area contributed by atoms with Crippen molar-refractivity contribution in [1.29, 1.82) is 0 Å². The Bertz CT molecular complexity index is 1030. The van der Waals surface area contributed by atoms with Gasteiger partial charge in [-0.25, -0.2) is 9.97 Å². The molecule has 1 saturated heterocycles. The Hall–Kier alpha value is -2.98. The average Bonchev–Trinajstić information content (AvgIpc) is 3.37. The Balaban J connectivity index is 1.49. The molecule has 160 valence electrons. The van der Waals surface area contributed by atoms with E-state index >= 15 is 0 Å². The number of aromatic nitrogens is 5. The van der Waals surface area contributed by atoms with Crippen molar-refractivity contribution in [2.45, 2.75) is 51.2 Å².